The fourth-order valence-corrected chi connectivity index (χ4v) is 3.91. The van der Waals surface area contributed by atoms with Crippen molar-refractivity contribution >= 4 is 11.8 Å². The number of hydrogen-bond acceptors (Lipinski definition) is 6. The van der Waals surface area contributed by atoms with Gasteiger partial charge in [-0.1, -0.05) is 30.3 Å². The summed E-state index contributed by atoms with van der Waals surface area (Å²) >= 11 is 0. The maximum Gasteiger partial charge on any atom is 0.224 e. The van der Waals surface area contributed by atoms with E-state index in [4.69, 9.17) is 9.72 Å². The van der Waals surface area contributed by atoms with Crippen molar-refractivity contribution in [2.75, 3.05) is 49.6 Å². The largest absolute Gasteiger partial charge is 0.380 e. The zero-order chi connectivity index (χ0) is 18.3. The number of benzene rings is 1. The smallest absolute Gasteiger partial charge is 0.224 e. The molecule has 1 aromatic carbocycles. The molecule has 1 aromatic heterocycles. The predicted molar refractivity (Wildman–Crippen MR) is 108 cm³/mol. The van der Waals surface area contributed by atoms with Crippen LogP contribution in [0.15, 0.2) is 42.6 Å². The van der Waals surface area contributed by atoms with Crippen LogP contribution in [0.25, 0.3) is 0 Å². The highest BCUT2D eigenvalue weighted by atomic mass is 16.5. The molecular weight excluding hydrogens is 338 g/mol. The molecule has 0 amide bonds. The van der Waals surface area contributed by atoms with Gasteiger partial charge in [0.2, 0.25) is 5.95 Å². The fourth-order valence-electron chi connectivity index (χ4n) is 3.91. The summed E-state index contributed by atoms with van der Waals surface area (Å²) in [6.07, 6.45) is 5.27. The van der Waals surface area contributed by atoms with Gasteiger partial charge in [-0.05, 0) is 37.4 Å². The monoisotopic (exact) mass is 367 g/mol. The molecule has 2 aliphatic rings. The average Bonchev–Trinajstić information content (AvgIpc) is 2.99. The summed E-state index contributed by atoms with van der Waals surface area (Å²) in [5.74, 6) is 1.74. The summed E-state index contributed by atoms with van der Waals surface area (Å²) in [6.45, 7) is 6.68. The van der Waals surface area contributed by atoms with E-state index in [0.29, 0.717) is 6.04 Å². The van der Waals surface area contributed by atoms with Crippen LogP contribution in [0.4, 0.5) is 11.8 Å². The van der Waals surface area contributed by atoms with E-state index in [9.17, 15) is 0 Å². The zero-order valence-corrected chi connectivity index (χ0v) is 15.9. The van der Waals surface area contributed by atoms with Crippen molar-refractivity contribution in [2.45, 2.75) is 31.8 Å². The molecule has 2 fully saturated rings. The Morgan fingerprint density at radius 2 is 1.96 bits per heavy atom. The lowest BCUT2D eigenvalue weighted by molar-refractivity contribution is 0.152. The number of rotatable bonds is 5. The highest BCUT2D eigenvalue weighted by Crippen LogP contribution is 2.18. The molecule has 3 heterocycles. The Labute approximate surface area is 161 Å². The number of hydrogen-bond donors (Lipinski definition) is 1. The topological polar surface area (TPSA) is 53.5 Å². The van der Waals surface area contributed by atoms with Crippen molar-refractivity contribution in [3.05, 3.63) is 48.2 Å². The molecule has 2 aliphatic heterocycles. The van der Waals surface area contributed by atoms with E-state index in [0.717, 1.165) is 70.5 Å². The lowest BCUT2D eigenvalue weighted by atomic mass is 10.0. The van der Waals surface area contributed by atoms with Crippen LogP contribution in [0.3, 0.4) is 0 Å². The number of anilines is 2. The number of likely N-dealkylation sites (tertiary alicyclic amines) is 1. The summed E-state index contributed by atoms with van der Waals surface area (Å²) in [5.41, 5.74) is 1.37. The van der Waals surface area contributed by atoms with E-state index >= 15 is 0 Å². The van der Waals surface area contributed by atoms with E-state index in [1.807, 2.05) is 12.3 Å². The van der Waals surface area contributed by atoms with Gasteiger partial charge in [0.1, 0.15) is 5.82 Å². The lowest BCUT2D eigenvalue weighted by Crippen LogP contribution is -2.42. The van der Waals surface area contributed by atoms with E-state index in [1.54, 1.807) is 0 Å². The molecule has 2 saturated heterocycles. The molecule has 0 saturated carbocycles. The van der Waals surface area contributed by atoms with Crippen LogP contribution in [0.1, 0.15) is 24.8 Å². The first-order chi connectivity index (χ1) is 13.4. The summed E-state index contributed by atoms with van der Waals surface area (Å²) in [6, 6.07) is 13.1. The van der Waals surface area contributed by atoms with Gasteiger partial charge in [-0.2, -0.15) is 4.98 Å². The average molecular weight is 367 g/mol. The molecule has 1 unspecified atom stereocenters. The number of nitrogens with zero attached hydrogens (tertiary/aromatic N) is 4. The minimum Gasteiger partial charge on any atom is -0.380 e. The predicted octanol–water partition coefficient (Wildman–Crippen LogP) is 2.78. The lowest BCUT2D eigenvalue weighted by Gasteiger charge is -2.33. The van der Waals surface area contributed by atoms with Crippen LogP contribution < -0.4 is 10.2 Å². The first-order valence-electron chi connectivity index (χ1n) is 10.1. The molecular formula is C21H29N5O. The molecule has 4 rings (SSSR count). The number of aromatic nitrogens is 2. The third-order valence-electron chi connectivity index (χ3n) is 5.27. The van der Waals surface area contributed by atoms with Gasteiger partial charge >= 0.3 is 0 Å². The minimum absolute atomic E-state index is 0.394. The second-order valence-electron chi connectivity index (χ2n) is 7.40. The maximum absolute atomic E-state index is 5.55. The van der Waals surface area contributed by atoms with Crippen molar-refractivity contribution in [3.63, 3.8) is 0 Å². The molecule has 0 bridgehead atoms. The van der Waals surface area contributed by atoms with Crippen LogP contribution in [-0.2, 0) is 11.3 Å². The second-order valence-corrected chi connectivity index (χ2v) is 7.40. The second kappa shape index (κ2) is 9.15. The highest BCUT2D eigenvalue weighted by Gasteiger charge is 2.21. The minimum atomic E-state index is 0.394. The number of nitrogens with one attached hydrogen (secondary N) is 1. The van der Waals surface area contributed by atoms with Crippen molar-refractivity contribution in [3.8, 4) is 0 Å². The van der Waals surface area contributed by atoms with Gasteiger partial charge in [0.25, 0.3) is 0 Å². The van der Waals surface area contributed by atoms with Gasteiger partial charge in [0.05, 0.1) is 6.61 Å². The Bertz CT molecular complexity index is 703. The van der Waals surface area contributed by atoms with Crippen molar-refractivity contribution in [1.82, 2.24) is 14.9 Å². The van der Waals surface area contributed by atoms with Crippen LogP contribution in [0.2, 0.25) is 0 Å². The van der Waals surface area contributed by atoms with Gasteiger partial charge < -0.3 is 15.0 Å². The Balaban J connectivity index is 1.36. The fraction of sp³-hybridized carbons (Fsp3) is 0.524. The molecule has 0 radical (unpaired) electrons. The Kier molecular flexibility index (Phi) is 6.17. The highest BCUT2D eigenvalue weighted by molar-refractivity contribution is 5.43. The van der Waals surface area contributed by atoms with Gasteiger partial charge in [-0.25, -0.2) is 4.98 Å². The van der Waals surface area contributed by atoms with E-state index in [2.05, 4.69) is 50.4 Å². The molecule has 1 atom stereocenters. The van der Waals surface area contributed by atoms with Crippen molar-refractivity contribution < 1.29 is 4.74 Å². The maximum atomic E-state index is 5.55. The first-order valence-corrected chi connectivity index (χ1v) is 10.1. The quantitative estimate of drug-likeness (QED) is 0.877. The SMILES string of the molecule is c1ccc(CN2CCCC(Nc3nccc(N4CCCOCC4)n3)C2)cc1. The van der Waals surface area contributed by atoms with Gasteiger partial charge in [0, 0.05) is 45.0 Å². The molecule has 0 spiro atoms. The van der Waals surface area contributed by atoms with Crippen molar-refractivity contribution in [2.24, 2.45) is 0 Å². The van der Waals surface area contributed by atoms with Gasteiger partial charge in [-0.3, -0.25) is 4.90 Å². The zero-order valence-electron chi connectivity index (χ0n) is 15.9. The third kappa shape index (κ3) is 5.17. The molecule has 1 N–H and O–H groups in total. The standard InChI is InChI=1S/C21H29N5O/c1-2-6-18(7-3-1)16-25-11-4-8-19(17-25)23-21-22-10-9-20(24-21)26-12-5-14-27-15-13-26/h1-3,6-7,9-10,19H,4-5,8,11-17H2,(H,22,23,24). The van der Waals surface area contributed by atoms with Crippen molar-refractivity contribution in [1.29, 1.82) is 0 Å². The normalized spacial score (nSPS) is 21.6. The van der Waals surface area contributed by atoms with E-state index in [-0.39, 0.29) is 0 Å². The van der Waals surface area contributed by atoms with Gasteiger partial charge in [-0.15, -0.1) is 0 Å². The first kappa shape index (κ1) is 18.2. The van der Waals surface area contributed by atoms with Crippen LogP contribution in [0.5, 0.6) is 0 Å². The summed E-state index contributed by atoms with van der Waals surface area (Å²) in [5, 5.41) is 3.57. The molecule has 6 heteroatoms. The third-order valence-corrected chi connectivity index (χ3v) is 5.27. The molecule has 144 valence electrons. The molecule has 0 aliphatic carbocycles. The summed E-state index contributed by atoms with van der Waals surface area (Å²) < 4.78 is 5.55. The van der Waals surface area contributed by atoms with E-state index in [1.165, 1.54) is 12.0 Å². The van der Waals surface area contributed by atoms with Crippen LogP contribution in [0, 0.1) is 0 Å². The molecule has 2 aromatic rings. The Hall–Kier alpha value is -2.18. The Morgan fingerprint density at radius 3 is 2.89 bits per heavy atom. The van der Waals surface area contributed by atoms with Crippen LogP contribution >= 0.6 is 0 Å². The summed E-state index contributed by atoms with van der Waals surface area (Å²) in [7, 11) is 0. The van der Waals surface area contributed by atoms with E-state index < -0.39 is 0 Å². The number of piperidine rings is 1. The van der Waals surface area contributed by atoms with Gasteiger partial charge in [0.15, 0.2) is 0 Å². The number of ether oxygens (including phenoxy) is 1. The molecule has 6 nitrogen and oxygen atoms in total. The Morgan fingerprint density at radius 1 is 1.04 bits per heavy atom. The van der Waals surface area contributed by atoms with Crippen LogP contribution in [-0.4, -0.2) is 60.3 Å². The summed E-state index contributed by atoms with van der Waals surface area (Å²) in [4.78, 5) is 14.0. The molecule has 27 heavy (non-hydrogen) atoms.